The summed E-state index contributed by atoms with van der Waals surface area (Å²) in [7, 11) is 0. The minimum atomic E-state index is -0.0995. The maximum atomic E-state index is 11.2. The number of carbonyl (C=O) groups is 1. The van der Waals surface area contributed by atoms with Gasteiger partial charge in [-0.1, -0.05) is 12.1 Å². The first-order valence-electron chi connectivity index (χ1n) is 5.76. The standard InChI is InChI=1S/C13H15N3O/c14-7-1-2-11(15)9-3-5-12-10(8-9)4-6-13(17)16-12/h3,5,8,11H,1-2,4,6,15H2,(H,16,17). The number of rotatable bonds is 3. The molecule has 0 radical (unpaired) electrons. The number of nitrogens with zero attached hydrogens (tertiary/aromatic N) is 1. The highest BCUT2D eigenvalue weighted by atomic mass is 16.1. The van der Waals surface area contributed by atoms with Gasteiger partial charge in [0.05, 0.1) is 6.07 Å². The molecule has 1 heterocycles. The van der Waals surface area contributed by atoms with Gasteiger partial charge >= 0.3 is 0 Å². The summed E-state index contributed by atoms with van der Waals surface area (Å²) < 4.78 is 0. The number of amides is 1. The zero-order valence-electron chi connectivity index (χ0n) is 9.57. The van der Waals surface area contributed by atoms with Crippen LogP contribution in [0.4, 0.5) is 5.69 Å². The molecule has 1 aromatic rings. The smallest absolute Gasteiger partial charge is 0.224 e. The van der Waals surface area contributed by atoms with Crippen LogP contribution in [-0.4, -0.2) is 5.91 Å². The predicted molar refractivity (Wildman–Crippen MR) is 65.2 cm³/mol. The van der Waals surface area contributed by atoms with Gasteiger partial charge in [0.25, 0.3) is 0 Å². The van der Waals surface area contributed by atoms with Crippen molar-refractivity contribution in [2.24, 2.45) is 5.73 Å². The maximum absolute atomic E-state index is 11.2. The third-order valence-corrected chi connectivity index (χ3v) is 3.02. The molecule has 1 unspecified atom stereocenters. The topological polar surface area (TPSA) is 78.9 Å². The Kier molecular flexibility index (Phi) is 3.40. The average molecular weight is 229 g/mol. The summed E-state index contributed by atoms with van der Waals surface area (Å²) in [5.74, 6) is 0.0685. The summed E-state index contributed by atoms with van der Waals surface area (Å²) >= 11 is 0. The van der Waals surface area contributed by atoms with Gasteiger partial charge in [-0.3, -0.25) is 4.79 Å². The molecule has 3 N–H and O–H groups in total. The van der Waals surface area contributed by atoms with E-state index in [2.05, 4.69) is 11.4 Å². The molecule has 1 aliphatic heterocycles. The fourth-order valence-electron chi connectivity index (χ4n) is 2.02. The molecular weight excluding hydrogens is 214 g/mol. The van der Waals surface area contributed by atoms with E-state index in [9.17, 15) is 4.79 Å². The molecule has 0 saturated heterocycles. The Hall–Kier alpha value is -1.86. The molecular formula is C13H15N3O. The van der Waals surface area contributed by atoms with Crippen LogP contribution in [0.2, 0.25) is 0 Å². The van der Waals surface area contributed by atoms with Crippen molar-refractivity contribution in [2.75, 3.05) is 5.32 Å². The highest BCUT2D eigenvalue weighted by molar-refractivity contribution is 5.93. The second-order valence-corrected chi connectivity index (χ2v) is 4.27. The molecule has 0 aromatic heterocycles. The molecule has 2 rings (SSSR count). The minimum Gasteiger partial charge on any atom is -0.326 e. The minimum absolute atomic E-state index is 0.0685. The number of benzene rings is 1. The van der Waals surface area contributed by atoms with Crippen LogP contribution in [-0.2, 0) is 11.2 Å². The van der Waals surface area contributed by atoms with Crippen molar-refractivity contribution in [1.29, 1.82) is 5.26 Å². The molecule has 1 aromatic carbocycles. The largest absolute Gasteiger partial charge is 0.326 e. The summed E-state index contributed by atoms with van der Waals surface area (Å²) in [6.45, 7) is 0. The van der Waals surface area contributed by atoms with Crippen molar-refractivity contribution in [1.82, 2.24) is 0 Å². The molecule has 17 heavy (non-hydrogen) atoms. The lowest BCUT2D eigenvalue weighted by Gasteiger charge is -2.19. The molecule has 4 nitrogen and oxygen atoms in total. The Morgan fingerprint density at radius 3 is 3.06 bits per heavy atom. The van der Waals surface area contributed by atoms with Gasteiger partial charge in [0, 0.05) is 24.6 Å². The van der Waals surface area contributed by atoms with E-state index in [1.807, 2.05) is 18.2 Å². The number of fused-ring (bicyclic) bond motifs is 1. The van der Waals surface area contributed by atoms with Gasteiger partial charge in [-0.2, -0.15) is 5.26 Å². The Bertz CT molecular complexity index is 476. The first-order chi connectivity index (χ1) is 8.20. The number of anilines is 1. The number of carbonyl (C=O) groups excluding carboxylic acids is 1. The van der Waals surface area contributed by atoms with E-state index < -0.39 is 0 Å². The van der Waals surface area contributed by atoms with Gasteiger partial charge in [-0.25, -0.2) is 0 Å². The summed E-state index contributed by atoms with van der Waals surface area (Å²) in [4.78, 5) is 11.2. The second kappa shape index (κ2) is 4.98. The third-order valence-electron chi connectivity index (χ3n) is 3.02. The lowest BCUT2D eigenvalue weighted by atomic mass is 9.96. The van der Waals surface area contributed by atoms with Crippen molar-refractivity contribution in [3.05, 3.63) is 29.3 Å². The molecule has 0 fully saturated rings. The molecule has 1 atom stereocenters. The fourth-order valence-corrected chi connectivity index (χ4v) is 2.02. The number of nitrogens with one attached hydrogen (secondary N) is 1. The van der Waals surface area contributed by atoms with Gasteiger partial charge in [-0.15, -0.1) is 0 Å². The molecule has 0 aliphatic carbocycles. The molecule has 0 bridgehead atoms. The van der Waals surface area contributed by atoms with Crippen LogP contribution in [0.5, 0.6) is 0 Å². The Balaban J connectivity index is 2.16. The third kappa shape index (κ3) is 2.63. The van der Waals surface area contributed by atoms with Crippen molar-refractivity contribution < 1.29 is 4.79 Å². The summed E-state index contributed by atoms with van der Waals surface area (Å²) in [6, 6.07) is 7.86. The van der Waals surface area contributed by atoms with Crippen LogP contribution in [0.3, 0.4) is 0 Å². The van der Waals surface area contributed by atoms with Crippen LogP contribution in [0, 0.1) is 11.3 Å². The zero-order valence-corrected chi connectivity index (χ0v) is 9.57. The van der Waals surface area contributed by atoms with Crippen LogP contribution in [0.15, 0.2) is 18.2 Å². The number of hydrogen-bond donors (Lipinski definition) is 2. The first kappa shape index (κ1) is 11.6. The highest BCUT2D eigenvalue weighted by Crippen LogP contribution is 2.26. The van der Waals surface area contributed by atoms with Gasteiger partial charge in [-0.05, 0) is 30.0 Å². The van der Waals surface area contributed by atoms with E-state index in [4.69, 9.17) is 11.0 Å². The van der Waals surface area contributed by atoms with Crippen molar-refractivity contribution in [3.8, 4) is 6.07 Å². The van der Waals surface area contributed by atoms with Crippen molar-refractivity contribution in [2.45, 2.75) is 31.7 Å². The normalized spacial score (nSPS) is 15.6. The molecule has 88 valence electrons. The molecule has 4 heteroatoms. The quantitative estimate of drug-likeness (QED) is 0.830. The fraction of sp³-hybridized carbons (Fsp3) is 0.385. The van der Waals surface area contributed by atoms with E-state index in [1.165, 1.54) is 0 Å². The van der Waals surface area contributed by atoms with Crippen molar-refractivity contribution in [3.63, 3.8) is 0 Å². The lowest BCUT2D eigenvalue weighted by molar-refractivity contribution is -0.116. The number of nitrogens with two attached hydrogens (primary N) is 1. The molecule has 1 amide bonds. The molecule has 0 spiro atoms. The van der Waals surface area contributed by atoms with Crippen molar-refractivity contribution >= 4 is 11.6 Å². The van der Waals surface area contributed by atoms with Crippen LogP contribution in [0.1, 0.15) is 36.4 Å². The van der Waals surface area contributed by atoms with E-state index in [-0.39, 0.29) is 11.9 Å². The van der Waals surface area contributed by atoms with Gasteiger partial charge in [0.15, 0.2) is 0 Å². The van der Waals surface area contributed by atoms with Crippen LogP contribution < -0.4 is 11.1 Å². The maximum Gasteiger partial charge on any atom is 0.224 e. The number of nitriles is 1. The average Bonchev–Trinajstić information content (AvgIpc) is 2.35. The highest BCUT2D eigenvalue weighted by Gasteiger charge is 2.16. The van der Waals surface area contributed by atoms with Gasteiger partial charge < -0.3 is 11.1 Å². The van der Waals surface area contributed by atoms with E-state index >= 15 is 0 Å². The predicted octanol–water partition coefficient (Wildman–Crippen LogP) is 1.87. The summed E-state index contributed by atoms with van der Waals surface area (Å²) in [5.41, 5.74) is 9.06. The number of hydrogen-bond acceptors (Lipinski definition) is 3. The van der Waals surface area contributed by atoms with Crippen LogP contribution in [0.25, 0.3) is 0 Å². The van der Waals surface area contributed by atoms with Gasteiger partial charge in [0.1, 0.15) is 0 Å². The summed E-state index contributed by atoms with van der Waals surface area (Å²) in [5, 5.41) is 11.4. The van der Waals surface area contributed by atoms with E-state index in [1.54, 1.807) is 0 Å². The second-order valence-electron chi connectivity index (χ2n) is 4.27. The van der Waals surface area contributed by atoms with E-state index in [0.29, 0.717) is 19.3 Å². The Labute approximate surface area is 100 Å². The molecule has 0 saturated carbocycles. The Morgan fingerprint density at radius 2 is 2.29 bits per heavy atom. The monoisotopic (exact) mass is 229 g/mol. The van der Waals surface area contributed by atoms with Gasteiger partial charge in [0.2, 0.25) is 5.91 Å². The SMILES string of the molecule is N#CCCC(N)c1ccc2c(c1)CCC(=O)N2. The summed E-state index contributed by atoms with van der Waals surface area (Å²) in [6.07, 6.45) is 2.43. The zero-order chi connectivity index (χ0) is 12.3. The Morgan fingerprint density at radius 1 is 1.47 bits per heavy atom. The lowest BCUT2D eigenvalue weighted by Crippen LogP contribution is -2.19. The van der Waals surface area contributed by atoms with Crippen LogP contribution >= 0.6 is 0 Å². The van der Waals surface area contributed by atoms with E-state index in [0.717, 1.165) is 23.2 Å². The first-order valence-corrected chi connectivity index (χ1v) is 5.76. The molecule has 1 aliphatic rings. The number of aryl methyl sites for hydroxylation is 1.